The number of hydrogen-bond donors (Lipinski definition) is 4. The van der Waals surface area contributed by atoms with Crippen LogP contribution < -0.4 is 16.6 Å². The van der Waals surface area contributed by atoms with E-state index in [9.17, 15) is 14.7 Å². The number of nitrogens with two attached hydrogens (primary N) is 1. The molecule has 2 amide bonds. The summed E-state index contributed by atoms with van der Waals surface area (Å²) in [7, 11) is 0. The van der Waals surface area contributed by atoms with Crippen molar-refractivity contribution in [1.29, 1.82) is 0 Å². The highest BCUT2D eigenvalue weighted by atomic mass is 16.3. The average Bonchev–Trinajstić information content (AvgIpc) is 2.71. The monoisotopic (exact) mass is 369 g/mol. The second kappa shape index (κ2) is 8.97. The number of carbonyl (C=O) groups excluding carboxylic acids is 2. The predicted octanol–water partition coefficient (Wildman–Crippen LogP) is 2.26. The van der Waals surface area contributed by atoms with Crippen molar-refractivity contribution in [2.75, 3.05) is 0 Å². The highest BCUT2D eigenvalue weighted by molar-refractivity contribution is 5.99. The lowest BCUT2D eigenvalue weighted by molar-refractivity contribution is -0.131. The fourth-order valence-corrected chi connectivity index (χ4v) is 3.73. The number of hydrazine groups is 1. The maximum Gasteiger partial charge on any atom is 0.269 e. The van der Waals surface area contributed by atoms with Gasteiger partial charge in [-0.1, -0.05) is 62.4 Å². The number of rotatable bonds is 5. The Bertz CT molecular complexity index is 802. The fourth-order valence-electron chi connectivity index (χ4n) is 3.73. The summed E-state index contributed by atoms with van der Waals surface area (Å²) < 4.78 is 0. The molecule has 5 N–H and O–H groups in total. The molecule has 1 fully saturated rings. The Balaban J connectivity index is 1.51. The molecule has 1 aliphatic rings. The molecular formula is C21H27N3O3. The van der Waals surface area contributed by atoms with E-state index in [1.54, 1.807) is 12.1 Å². The Morgan fingerprint density at radius 2 is 1.74 bits per heavy atom. The quantitative estimate of drug-likeness (QED) is 0.607. The summed E-state index contributed by atoms with van der Waals surface area (Å²) in [5, 5.41) is 12.1. The second-order valence-corrected chi connectivity index (χ2v) is 7.35. The second-order valence-electron chi connectivity index (χ2n) is 7.35. The largest absolute Gasteiger partial charge is 0.382 e. The summed E-state index contributed by atoms with van der Waals surface area (Å²) in [6.45, 7) is 0. The van der Waals surface area contributed by atoms with Crippen molar-refractivity contribution in [2.45, 2.75) is 50.7 Å². The van der Waals surface area contributed by atoms with Crippen LogP contribution in [0, 0.1) is 5.92 Å². The summed E-state index contributed by atoms with van der Waals surface area (Å²) in [6.07, 6.45) is 5.08. The van der Waals surface area contributed by atoms with Gasteiger partial charge in [-0.15, -0.1) is 0 Å². The summed E-state index contributed by atoms with van der Waals surface area (Å²) in [4.78, 5) is 24.4. The van der Waals surface area contributed by atoms with Crippen LogP contribution >= 0.6 is 0 Å². The van der Waals surface area contributed by atoms with Crippen LogP contribution in [-0.4, -0.2) is 29.1 Å². The van der Waals surface area contributed by atoms with Gasteiger partial charge < -0.3 is 10.8 Å². The Labute approximate surface area is 159 Å². The first-order valence-corrected chi connectivity index (χ1v) is 9.57. The van der Waals surface area contributed by atoms with E-state index in [0.717, 1.165) is 23.6 Å². The molecule has 6 heteroatoms. The topological polar surface area (TPSA) is 104 Å². The van der Waals surface area contributed by atoms with Crippen LogP contribution in [0.5, 0.6) is 0 Å². The van der Waals surface area contributed by atoms with Gasteiger partial charge in [-0.3, -0.25) is 20.4 Å². The molecule has 1 aliphatic carbocycles. The van der Waals surface area contributed by atoms with Crippen LogP contribution in [0.4, 0.5) is 0 Å². The van der Waals surface area contributed by atoms with Gasteiger partial charge in [0.05, 0.1) is 0 Å². The smallest absolute Gasteiger partial charge is 0.269 e. The first-order valence-electron chi connectivity index (χ1n) is 9.57. The molecule has 1 saturated carbocycles. The first kappa shape index (κ1) is 19.3. The zero-order chi connectivity index (χ0) is 19.2. The minimum atomic E-state index is -1.34. The molecule has 144 valence electrons. The molecule has 0 bridgehead atoms. The van der Waals surface area contributed by atoms with Gasteiger partial charge in [0.25, 0.3) is 11.8 Å². The van der Waals surface area contributed by atoms with E-state index in [1.807, 2.05) is 30.3 Å². The molecule has 6 nitrogen and oxygen atoms in total. The summed E-state index contributed by atoms with van der Waals surface area (Å²) in [6, 6.07) is 12.4. The molecule has 2 atom stereocenters. The molecule has 0 saturated heterocycles. The summed E-state index contributed by atoms with van der Waals surface area (Å²) >= 11 is 0. The molecule has 2 aromatic rings. The minimum absolute atomic E-state index is 0.426. The number of nitrogens with one attached hydrogen (secondary N) is 2. The Morgan fingerprint density at radius 3 is 2.48 bits per heavy atom. The molecule has 0 radical (unpaired) electrons. The third-order valence-electron chi connectivity index (χ3n) is 5.32. The van der Waals surface area contributed by atoms with Crippen molar-refractivity contribution in [3.05, 3.63) is 48.0 Å². The van der Waals surface area contributed by atoms with E-state index >= 15 is 0 Å². The highest BCUT2D eigenvalue weighted by Gasteiger charge is 2.26. The minimum Gasteiger partial charge on any atom is -0.382 e. The molecular weight excluding hydrogens is 342 g/mol. The summed E-state index contributed by atoms with van der Waals surface area (Å²) in [5.41, 5.74) is 11.1. The first-order chi connectivity index (χ1) is 13.0. The van der Waals surface area contributed by atoms with Gasteiger partial charge in [0.2, 0.25) is 0 Å². The zero-order valence-electron chi connectivity index (χ0n) is 15.4. The van der Waals surface area contributed by atoms with Crippen LogP contribution in [0.25, 0.3) is 10.8 Å². The van der Waals surface area contributed by atoms with Crippen LogP contribution in [0.15, 0.2) is 42.5 Å². The van der Waals surface area contributed by atoms with Crippen molar-refractivity contribution in [1.82, 2.24) is 10.9 Å². The Morgan fingerprint density at radius 1 is 1.04 bits per heavy atom. The number of aliphatic hydroxyl groups is 1. The fraction of sp³-hybridized carbons (Fsp3) is 0.429. The molecule has 27 heavy (non-hydrogen) atoms. The van der Waals surface area contributed by atoms with Gasteiger partial charge in [-0.25, -0.2) is 0 Å². The average molecular weight is 369 g/mol. The van der Waals surface area contributed by atoms with E-state index in [2.05, 4.69) is 10.9 Å². The SMILES string of the molecule is N[C@H](CC1CCCCC1)C(O)C(=O)NNC(=O)c1ccc2ccccc2c1. The van der Waals surface area contributed by atoms with Crippen molar-refractivity contribution in [3.8, 4) is 0 Å². The molecule has 3 rings (SSSR count). The van der Waals surface area contributed by atoms with Crippen LogP contribution in [-0.2, 0) is 4.79 Å². The van der Waals surface area contributed by atoms with E-state index in [0.29, 0.717) is 17.9 Å². The number of carbonyl (C=O) groups is 2. The lowest BCUT2D eigenvalue weighted by atomic mass is 9.84. The highest BCUT2D eigenvalue weighted by Crippen LogP contribution is 2.27. The maximum atomic E-state index is 12.3. The van der Waals surface area contributed by atoms with E-state index in [1.165, 1.54) is 19.3 Å². The Hall–Kier alpha value is -2.44. The predicted molar refractivity (Wildman–Crippen MR) is 105 cm³/mol. The molecule has 0 aliphatic heterocycles. The van der Waals surface area contributed by atoms with Crippen molar-refractivity contribution in [3.63, 3.8) is 0 Å². The van der Waals surface area contributed by atoms with E-state index in [4.69, 9.17) is 5.73 Å². The third kappa shape index (κ3) is 5.05. The van der Waals surface area contributed by atoms with E-state index in [-0.39, 0.29) is 0 Å². The molecule has 2 aromatic carbocycles. The van der Waals surface area contributed by atoms with Gasteiger partial charge in [0.1, 0.15) is 6.10 Å². The lowest BCUT2D eigenvalue weighted by Gasteiger charge is -2.26. The van der Waals surface area contributed by atoms with Gasteiger partial charge in [0, 0.05) is 11.6 Å². The summed E-state index contributed by atoms with van der Waals surface area (Å²) in [5.74, 6) is -0.669. The molecule has 0 spiro atoms. The van der Waals surface area contributed by atoms with Gasteiger partial charge >= 0.3 is 0 Å². The maximum absolute atomic E-state index is 12.3. The number of aliphatic hydroxyl groups excluding tert-OH is 1. The molecule has 0 heterocycles. The van der Waals surface area contributed by atoms with Crippen molar-refractivity contribution < 1.29 is 14.7 Å². The number of hydrogen-bond acceptors (Lipinski definition) is 4. The van der Waals surface area contributed by atoms with Crippen molar-refractivity contribution >= 4 is 22.6 Å². The number of benzene rings is 2. The van der Waals surface area contributed by atoms with Gasteiger partial charge in [0.15, 0.2) is 0 Å². The molecule has 0 aromatic heterocycles. The van der Waals surface area contributed by atoms with Crippen LogP contribution in [0.1, 0.15) is 48.9 Å². The van der Waals surface area contributed by atoms with Crippen LogP contribution in [0.2, 0.25) is 0 Å². The number of amides is 2. The van der Waals surface area contributed by atoms with Gasteiger partial charge in [-0.05, 0) is 35.2 Å². The van der Waals surface area contributed by atoms with Crippen LogP contribution in [0.3, 0.4) is 0 Å². The van der Waals surface area contributed by atoms with Gasteiger partial charge in [-0.2, -0.15) is 0 Å². The molecule has 1 unspecified atom stereocenters. The normalized spacial score (nSPS) is 17.3. The zero-order valence-corrected chi connectivity index (χ0v) is 15.4. The lowest BCUT2D eigenvalue weighted by Crippen LogP contribution is -2.52. The standard InChI is InChI=1S/C21H27N3O3/c22-18(12-14-6-2-1-3-7-14)19(25)21(27)24-23-20(26)17-11-10-15-8-4-5-9-16(15)13-17/h4-5,8-11,13-14,18-19,25H,1-3,6-7,12,22H2,(H,23,26)(H,24,27)/t18-,19?/m1/s1. The Kier molecular flexibility index (Phi) is 6.42. The number of fused-ring (bicyclic) bond motifs is 1. The van der Waals surface area contributed by atoms with Crippen molar-refractivity contribution in [2.24, 2.45) is 11.7 Å². The third-order valence-corrected chi connectivity index (χ3v) is 5.32. The van der Waals surface area contributed by atoms with E-state index < -0.39 is 24.0 Å².